The van der Waals surface area contributed by atoms with Crippen molar-refractivity contribution in [3.05, 3.63) is 23.3 Å². The molecule has 1 amide bonds. The Bertz CT molecular complexity index is 564. The third-order valence-electron chi connectivity index (χ3n) is 4.01. The van der Waals surface area contributed by atoms with Crippen molar-refractivity contribution < 1.29 is 23.1 Å². The van der Waals surface area contributed by atoms with Crippen molar-refractivity contribution in [2.45, 2.75) is 26.4 Å². The normalized spacial score (nSPS) is 22.3. The van der Waals surface area contributed by atoms with E-state index in [2.05, 4.69) is 10.6 Å². The van der Waals surface area contributed by atoms with Crippen LogP contribution >= 0.6 is 0 Å². The topological polar surface area (TPSA) is 61.4 Å². The van der Waals surface area contributed by atoms with Crippen LogP contribution in [0.5, 0.6) is 5.75 Å². The number of hydrogen-bond donors (Lipinski definition) is 3. The zero-order valence-corrected chi connectivity index (χ0v) is 11.8. The van der Waals surface area contributed by atoms with E-state index < -0.39 is 24.0 Å². The van der Waals surface area contributed by atoms with E-state index in [9.17, 15) is 23.1 Å². The molecule has 0 bridgehead atoms. The van der Waals surface area contributed by atoms with Crippen LogP contribution in [0.2, 0.25) is 0 Å². The molecule has 1 aromatic rings. The minimum Gasteiger partial charge on any atom is -0.507 e. The second kappa shape index (κ2) is 5.22. The van der Waals surface area contributed by atoms with Crippen LogP contribution in [-0.4, -0.2) is 30.3 Å². The maximum atomic E-state index is 13.3. The van der Waals surface area contributed by atoms with E-state index in [4.69, 9.17) is 0 Å². The van der Waals surface area contributed by atoms with Gasteiger partial charge in [-0.2, -0.15) is 13.2 Å². The van der Waals surface area contributed by atoms with Crippen LogP contribution in [0.25, 0.3) is 0 Å². The highest BCUT2D eigenvalue weighted by Crippen LogP contribution is 2.44. The molecule has 1 aliphatic rings. The number of hydrogen-bond acceptors (Lipinski definition) is 3. The van der Waals surface area contributed by atoms with Crippen molar-refractivity contribution in [3.8, 4) is 5.75 Å². The summed E-state index contributed by atoms with van der Waals surface area (Å²) in [5.74, 6) is -1.12. The Balaban J connectivity index is 2.31. The number of phenols is 1. The molecule has 1 fully saturated rings. The summed E-state index contributed by atoms with van der Waals surface area (Å²) in [6.07, 6.45) is -4.92. The van der Waals surface area contributed by atoms with Crippen LogP contribution in [0.1, 0.15) is 17.5 Å². The Morgan fingerprint density at radius 1 is 1.38 bits per heavy atom. The molecule has 1 aliphatic heterocycles. The molecule has 1 saturated heterocycles. The van der Waals surface area contributed by atoms with Crippen LogP contribution in [0.4, 0.5) is 18.9 Å². The molecule has 1 aromatic carbocycles. The first kappa shape index (κ1) is 15.6. The highest BCUT2D eigenvalue weighted by molar-refractivity contribution is 5.97. The van der Waals surface area contributed by atoms with Crippen LogP contribution < -0.4 is 10.6 Å². The van der Waals surface area contributed by atoms with Crippen molar-refractivity contribution in [3.63, 3.8) is 0 Å². The fraction of sp³-hybridized carbons (Fsp3) is 0.500. The molecule has 0 spiro atoms. The van der Waals surface area contributed by atoms with E-state index in [-0.39, 0.29) is 24.4 Å². The molecule has 4 nitrogen and oxygen atoms in total. The Labute approximate surface area is 120 Å². The van der Waals surface area contributed by atoms with Crippen molar-refractivity contribution in [2.75, 3.05) is 18.4 Å². The van der Waals surface area contributed by atoms with E-state index in [0.717, 1.165) is 0 Å². The van der Waals surface area contributed by atoms with Gasteiger partial charge in [0, 0.05) is 17.8 Å². The number of alkyl halides is 3. The molecule has 1 heterocycles. The Kier molecular flexibility index (Phi) is 3.88. The summed E-state index contributed by atoms with van der Waals surface area (Å²) in [5, 5.41) is 14.7. The molecule has 0 saturated carbocycles. The summed E-state index contributed by atoms with van der Waals surface area (Å²) >= 11 is 0. The third-order valence-corrected chi connectivity index (χ3v) is 4.01. The van der Waals surface area contributed by atoms with Crippen molar-refractivity contribution in [1.82, 2.24) is 5.32 Å². The number of carbonyl (C=O) groups excluding carboxylic acids is 1. The first-order valence-corrected chi connectivity index (χ1v) is 6.57. The van der Waals surface area contributed by atoms with Crippen molar-refractivity contribution in [2.24, 2.45) is 5.41 Å². The first-order chi connectivity index (χ1) is 9.69. The van der Waals surface area contributed by atoms with Gasteiger partial charge in [0.1, 0.15) is 5.75 Å². The van der Waals surface area contributed by atoms with Crippen molar-refractivity contribution >= 4 is 11.6 Å². The maximum Gasteiger partial charge on any atom is 0.404 e. The largest absolute Gasteiger partial charge is 0.507 e. The fourth-order valence-electron chi connectivity index (χ4n) is 2.47. The van der Waals surface area contributed by atoms with Crippen LogP contribution in [0, 0.1) is 19.3 Å². The molecule has 0 aliphatic carbocycles. The molecule has 7 heteroatoms. The molecule has 116 valence electrons. The molecule has 2 rings (SSSR count). The summed E-state index contributed by atoms with van der Waals surface area (Å²) < 4.78 is 39.8. The number of amides is 1. The highest BCUT2D eigenvalue weighted by atomic mass is 19.4. The zero-order chi connectivity index (χ0) is 15.8. The quantitative estimate of drug-likeness (QED) is 0.786. The number of rotatable bonds is 2. The number of aryl methyl sites for hydroxylation is 1. The third kappa shape index (κ3) is 2.57. The number of carbonyl (C=O) groups is 1. The first-order valence-electron chi connectivity index (χ1n) is 6.57. The predicted octanol–water partition coefficient (Wildman–Crippen LogP) is 2.49. The lowest BCUT2D eigenvalue weighted by Crippen LogP contribution is -2.49. The van der Waals surface area contributed by atoms with Gasteiger partial charge in [-0.25, -0.2) is 0 Å². The Morgan fingerprint density at radius 3 is 2.57 bits per heavy atom. The monoisotopic (exact) mass is 302 g/mol. The summed E-state index contributed by atoms with van der Waals surface area (Å²) in [7, 11) is 0. The zero-order valence-electron chi connectivity index (χ0n) is 11.8. The lowest BCUT2D eigenvalue weighted by atomic mass is 9.85. The van der Waals surface area contributed by atoms with E-state index in [1.807, 2.05) is 0 Å². The average molecular weight is 302 g/mol. The number of halogens is 3. The Morgan fingerprint density at radius 2 is 2.05 bits per heavy atom. The van der Waals surface area contributed by atoms with Gasteiger partial charge in [-0.15, -0.1) is 0 Å². The minimum absolute atomic E-state index is 0.0293. The standard InChI is InChI=1S/C14H17F3N2O2/c1-8-3-4-10(9(2)11(8)20)19-12(21)13(14(15,16)17)5-6-18-7-13/h3-4,18,20H,5-7H2,1-2H3,(H,19,21). The predicted molar refractivity (Wildman–Crippen MR) is 72.2 cm³/mol. The molecule has 0 radical (unpaired) electrons. The van der Waals surface area contributed by atoms with Crippen LogP contribution in [0.15, 0.2) is 12.1 Å². The van der Waals surface area contributed by atoms with Gasteiger partial charge >= 0.3 is 6.18 Å². The van der Waals surface area contributed by atoms with E-state index in [1.54, 1.807) is 19.9 Å². The van der Waals surface area contributed by atoms with Gasteiger partial charge in [-0.1, -0.05) is 6.07 Å². The van der Waals surface area contributed by atoms with Gasteiger partial charge in [0.05, 0.1) is 0 Å². The fourth-order valence-corrected chi connectivity index (χ4v) is 2.47. The molecule has 0 aromatic heterocycles. The molecule has 3 N–H and O–H groups in total. The second-order valence-electron chi connectivity index (χ2n) is 5.36. The van der Waals surface area contributed by atoms with Gasteiger partial charge in [0.25, 0.3) is 0 Å². The minimum atomic E-state index is -4.62. The number of phenolic OH excluding ortho intramolecular Hbond substituents is 1. The molecular weight excluding hydrogens is 285 g/mol. The smallest absolute Gasteiger partial charge is 0.404 e. The van der Waals surface area contributed by atoms with Gasteiger partial charge in [0.2, 0.25) is 5.91 Å². The summed E-state index contributed by atoms with van der Waals surface area (Å²) in [6.45, 7) is 2.93. The lowest BCUT2D eigenvalue weighted by Gasteiger charge is -2.29. The average Bonchev–Trinajstić information content (AvgIpc) is 2.89. The van der Waals surface area contributed by atoms with Gasteiger partial charge in [-0.05, 0) is 38.4 Å². The van der Waals surface area contributed by atoms with E-state index >= 15 is 0 Å². The lowest BCUT2D eigenvalue weighted by molar-refractivity contribution is -0.213. The Hall–Kier alpha value is -1.76. The summed E-state index contributed by atoms with van der Waals surface area (Å²) in [5.41, 5.74) is -1.27. The number of nitrogens with one attached hydrogen (secondary N) is 2. The van der Waals surface area contributed by atoms with Gasteiger partial charge < -0.3 is 15.7 Å². The molecule has 1 unspecified atom stereocenters. The molecular formula is C14H17F3N2O2. The number of aromatic hydroxyl groups is 1. The summed E-state index contributed by atoms with van der Waals surface area (Å²) in [4.78, 5) is 12.2. The van der Waals surface area contributed by atoms with Gasteiger partial charge in [-0.3, -0.25) is 4.79 Å². The van der Waals surface area contributed by atoms with E-state index in [0.29, 0.717) is 11.1 Å². The number of anilines is 1. The van der Waals surface area contributed by atoms with Gasteiger partial charge in [0.15, 0.2) is 5.41 Å². The van der Waals surface area contributed by atoms with Crippen LogP contribution in [-0.2, 0) is 4.79 Å². The van der Waals surface area contributed by atoms with Crippen molar-refractivity contribution in [1.29, 1.82) is 0 Å². The second-order valence-corrected chi connectivity index (χ2v) is 5.36. The summed E-state index contributed by atoms with van der Waals surface area (Å²) in [6, 6.07) is 3.04. The highest BCUT2D eigenvalue weighted by Gasteiger charge is 2.61. The van der Waals surface area contributed by atoms with Crippen LogP contribution in [0.3, 0.4) is 0 Å². The molecule has 1 atom stereocenters. The van der Waals surface area contributed by atoms with E-state index in [1.165, 1.54) is 6.07 Å². The molecule has 21 heavy (non-hydrogen) atoms. The maximum absolute atomic E-state index is 13.3. The SMILES string of the molecule is Cc1ccc(NC(=O)C2(C(F)(F)F)CCNC2)c(C)c1O. The number of benzene rings is 1.